The maximum Gasteiger partial charge on any atom is 0.274 e. The molecule has 0 saturated heterocycles. The van der Waals surface area contributed by atoms with Crippen LogP contribution in [0.4, 0.5) is 0 Å². The smallest absolute Gasteiger partial charge is 0.274 e. The van der Waals surface area contributed by atoms with Gasteiger partial charge in [-0.25, -0.2) is 13.1 Å². The van der Waals surface area contributed by atoms with E-state index in [4.69, 9.17) is 14.6 Å². The molecule has 4 N–H and O–H groups in total. The van der Waals surface area contributed by atoms with Crippen LogP contribution in [0.5, 0.6) is 0 Å². The van der Waals surface area contributed by atoms with Crippen molar-refractivity contribution < 1.29 is 23.0 Å². The molecule has 0 fully saturated rings. The van der Waals surface area contributed by atoms with Gasteiger partial charge in [-0.2, -0.15) is 0 Å². The third kappa shape index (κ3) is 4.92. The highest BCUT2D eigenvalue weighted by Crippen LogP contribution is 2.14. The summed E-state index contributed by atoms with van der Waals surface area (Å²) in [6, 6.07) is 2.23. The highest BCUT2D eigenvalue weighted by Gasteiger charge is 2.22. The van der Waals surface area contributed by atoms with Gasteiger partial charge in [-0.3, -0.25) is 0 Å². The summed E-state index contributed by atoms with van der Waals surface area (Å²) in [4.78, 5) is 0. The van der Waals surface area contributed by atoms with Crippen molar-refractivity contribution in [2.45, 2.75) is 37.6 Å². The second-order valence-electron chi connectivity index (χ2n) is 4.44. The van der Waals surface area contributed by atoms with Crippen LogP contribution in [-0.4, -0.2) is 43.9 Å². The molecule has 1 rings (SSSR count). The molecule has 110 valence electrons. The fraction of sp³-hybridized carbons (Fsp3) is 0.636. The van der Waals surface area contributed by atoms with Gasteiger partial charge in [-0.15, -0.1) is 0 Å². The third-order valence-electron chi connectivity index (χ3n) is 2.35. The van der Waals surface area contributed by atoms with Gasteiger partial charge in [0.15, 0.2) is 0 Å². The normalized spacial score (nSPS) is 12.5. The Labute approximate surface area is 112 Å². The molecule has 0 spiro atoms. The van der Waals surface area contributed by atoms with E-state index < -0.39 is 29.3 Å². The first kappa shape index (κ1) is 16.1. The third-order valence-corrected chi connectivity index (χ3v) is 3.74. The monoisotopic (exact) mass is 292 g/mol. The Morgan fingerprint density at radius 2 is 1.89 bits per heavy atom. The van der Waals surface area contributed by atoms with Crippen LogP contribution in [0.3, 0.4) is 0 Å². The van der Waals surface area contributed by atoms with Gasteiger partial charge in [0, 0.05) is 6.04 Å². The van der Waals surface area contributed by atoms with Gasteiger partial charge < -0.3 is 19.9 Å². The highest BCUT2D eigenvalue weighted by molar-refractivity contribution is 7.89. The first-order valence-electron chi connectivity index (χ1n) is 5.95. The molecule has 0 atom stereocenters. The number of sulfonamides is 1. The molecule has 0 unspecified atom stereocenters. The van der Waals surface area contributed by atoms with Crippen molar-refractivity contribution in [2.75, 3.05) is 13.2 Å². The van der Waals surface area contributed by atoms with Crippen molar-refractivity contribution in [3.63, 3.8) is 0 Å². The summed E-state index contributed by atoms with van der Waals surface area (Å²) < 4.78 is 31.1. The maximum atomic E-state index is 11.9. The molecule has 7 nitrogen and oxygen atoms in total. The first-order valence-corrected chi connectivity index (χ1v) is 7.43. The average molecular weight is 292 g/mol. The van der Waals surface area contributed by atoms with Crippen LogP contribution in [0.2, 0.25) is 0 Å². The van der Waals surface area contributed by atoms with E-state index >= 15 is 0 Å². The van der Waals surface area contributed by atoms with Gasteiger partial charge in [0.2, 0.25) is 5.09 Å². The van der Waals surface area contributed by atoms with Gasteiger partial charge in [0.05, 0.1) is 25.8 Å². The zero-order chi connectivity index (χ0) is 14.5. The topological polar surface area (TPSA) is 112 Å². The van der Waals surface area contributed by atoms with E-state index in [0.717, 1.165) is 0 Å². The quantitative estimate of drug-likeness (QED) is 0.509. The average Bonchev–Trinajstić information content (AvgIpc) is 2.83. The van der Waals surface area contributed by atoms with E-state index in [1.54, 1.807) is 6.07 Å². The number of nitrogens with one attached hydrogen (secondary N) is 2. The molecule has 19 heavy (non-hydrogen) atoms. The van der Waals surface area contributed by atoms with E-state index in [1.807, 2.05) is 13.8 Å². The molecule has 1 aromatic heterocycles. The van der Waals surface area contributed by atoms with Gasteiger partial charge in [-0.05, 0) is 12.1 Å². The largest absolute Gasteiger partial charge is 0.447 e. The summed E-state index contributed by atoms with van der Waals surface area (Å²) >= 11 is 0. The van der Waals surface area contributed by atoms with E-state index in [1.165, 1.54) is 6.07 Å². The zero-order valence-electron chi connectivity index (χ0n) is 11.0. The van der Waals surface area contributed by atoms with Crippen molar-refractivity contribution in [1.82, 2.24) is 10.0 Å². The van der Waals surface area contributed by atoms with Crippen LogP contribution >= 0.6 is 0 Å². The minimum Gasteiger partial charge on any atom is -0.447 e. The maximum absolute atomic E-state index is 11.9. The number of aliphatic hydroxyl groups excluding tert-OH is 2. The molecule has 0 aliphatic rings. The Morgan fingerprint density at radius 3 is 2.42 bits per heavy atom. The van der Waals surface area contributed by atoms with Gasteiger partial charge in [-0.1, -0.05) is 13.8 Å². The lowest BCUT2D eigenvalue weighted by molar-refractivity contribution is 0.184. The van der Waals surface area contributed by atoms with Crippen LogP contribution in [0.1, 0.15) is 19.6 Å². The molecule has 0 saturated carbocycles. The van der Waals surface area contributed by atoms with E-state index in [2.05, 4.69) is 10.0 Å². The fourth-order valence-electron chi connectivity index (χ4n) is 1.31. The number of rotatable bonds is 8. The molecule has 1 aromatic rings. The Hall–Kier alpha value is -0.930. The number of hydrogen-bond acceptors (Lipinski definition) is 6. The summed E-state index contributed by atoms with van der Waals surface area (Å²) in [6.07, 6.45) is 0. The molecule has 0 aromatic carbocycles. The molecule has 0 aliphatic heterocycles. The Bertz CT molecular complexity index is 479. The Kier molecular flexibility index (Phi) is 5.95. The lowest BCUT2D eigenvalue weighted by Crippen LogP contribution is -2.39. The summed E-state index contributed by atoms with van der Waals surface area (Å²) in [6.45, 7) is 3.39. The Balaban J connectivity index is 2.74. The van der Waals surface area contributed by atoms with Crippen LogP contribution in [0.25, 0.3) is 0 Å². The summed E-state index contributed by atoms with van der Waals surface area (Å²) in [5.74, 6) is 0.499. The second-order valence-corrected chi connectivity index (χ2v) is 6.08. The summed E-state index contributed by atoms with van der Waals surface area (Å²) in [7, 11) is -3.87. The zero-order valence-corrected chi connectivity index (χ0v) is 11.8. The van der Waals surface area contributed by atoms with Gasteiger partial charge in [0.25, 0.3) is 10.0 Å². The molecule has 1 heterocycles. The number of aliphatic hydroxyl groups is 2. The minimum absolute atomic E-state index is 0.236. The standard InChI is InChI=1S/C11H20N2O5S/c1-8(2)12-5-10-3-4-11(18-10)19(16,17)13-9(6-14)7-15/h3-4,8-9,12-15H,5-7H2,1-2H3. The van der Waals surface area contributed by atoms with Gasteiger partial charge >= 0.3 is 0 Å². The minimum atomic E-state index is -3.87. The van der Waals surface area contributed by atoms with Gasteiger partial charge in [0.1, 0.15) is 5.76 Å². The molecular weight excluding hydrogens is 272 g/mol. The predicted octanol–water partition coefficient (Wildman–Crippen LogP) is -0.591. The molecule has 0 bridgehead atoms. The van der Waals surface area contributed by atoms with Crippen LogP contribution < -0.4 is 10.0 Å². The lowest BCUT2D eigenvalue weighted by atomic mass is 10.3. The molecule has 0 radical (unpaired) electrons. The molecule has 0 aliphatic carbocycles. The number of furan rings is 1. The van der Waals surface area contributed by atoms with Crippen molar-refractivity contribution >= 4 is 10.0 Å². The fourth-order valence-corrected chi connectivity index (χ4v) is 2.48. The van der Waals surface area contributed by atoms with Crippen molar-refractivity contribution in [2.24, 2.45) is 0 Å². The van der Waals surface area contributed by atoms with Crippen LogP contribution in [-0.2, 0) is 16.6 Å². The summed E-state index contributed by atoms with van der Waals surface area (Å²) in [5.41, 5.74) is 0. The van der Waals surface area contributed by atoms with Crippen LogP contribution in [0.15, 0.2) is 21.6 Å². The molecular formula is C11H20N2O5S. The van der Waals surface area contributed by atoms with E-state index in [-0.39, 0.29) is 11.1 Å². The SMILES string of the molecule is CC(C)NCc1ccc(S(=O)(=O)NC(CO)CO)o1. The van der Waals surface area contributed by atoms with Crippen molar-refractivity contribution in [3.05, 3.63) is 17.9 Å². The first-order chi connectivity index (χ1) is 8.89. The van der Waals surface area contributed by atoms with Crippen molar-refractivity contribution in [3.8, 4) is 0 Å². The second kappa shape index (κ2) is 7.01. The van der Waals surface area contributed by atoms with Crippen molar-refractivity contribution in [1.29, 1.82) is 0 Å². The number of hydrogen-bond donors (Lipinski definition) is 4. The van der Waals surface area contributed by atoms with Crippen LogP contribution in [0, 0.1) is 0 Å². The highest BCUT2D eigenvalue weighted by atomic mass is 32.2. The predicted molar refractivity (Wildman–Crippen MR) is 69.0 cm³/mol. The van der Waals surface area contributed by atoms with E-state index in [0.29, 0.717) is 12.3 Å². The Morgan fingerprint density at radius 1 is 1.26 bits per heavy atom. The lowest BCUT2D eigenvalue weighted by Gasteiger charge is -2.12. The molecule has 8 heteroatoms. The molecule has 0 amide bonds. The summed E-state index contributed by atoms with van der Waals surface area (Å²) in [5, 5.41) is 20.6. The van der Waals surface area contributed by atoms with E-state index in [9.17, 15) is 8.42 Å².